The van der Waals surface area contributed by atoms with Crippen molar-refractivity contribution in [3.8, 4) is 11.5 Å². The van der Waals surface area contributed by atoms with Gasteiger partial charge >= 0.3 is 6.09 Å². The predicted molar refractivity (Wildman–Crippen MR) is 176 cm³/mol. The van der Waals surface area contributed by atoms with Crippen LogP contribution in [-0.4, -0.2) is 53.2 Å². The highest BCUT2D eigenvalue weighted by atomic mass is 16.6. The van der Waals surface area contributed by atoms with Crippen LogP contribution in [0.25, 0.3) is 0 Å². The van der Waals surface area contributed by atoms with Gasteiger partial charge in [-0.1, -0.05) is 50.1 Å². The molecule has 0 aromatic heterocycles. The zero-order valence-electron chi connectivity index (χ0n) is 27.5. The fourth-order valence-corrected chi connectivity index (χ4v) is 4.91. The Morgan fingerprint density at radius 2 is 1.58 bits per heavy atom. The van der Waals surface area contributed by atoms with Crippen molar-refractivity contribution in [3.05, 3.63) is 89.0 Å². The number of methoxy groups -OCH3 is 1. The topological polar surface area (TPSA) is 117 Å². The Morgan fingerprint density at radius 3 is 2.16 bits per heavy atom. The van der Waals surface area contributed by atoms with Gasteiger partial charge < -0.3 is 30.1 Å². The number of alkyl carbamates (subject to hydrolysis) is 1. The fraction of sp³-hybridized carbons (Fsp3) is 0.417. The third-order valence-electron chi connectivity index (χ3n) is 7.42. The summed E-state index contributed by atoms with van der Waals surface area (Å²) in [5.41, 5.74) is 3.22. The Labute approximate surface area is 266 Å². The van der Waals surface area contributed by atoms with E-state index in [0.29, 0.717) is 30.0 Å². The summed E-state index contributed by atoms with van der Waals surface area (Å²) < 4.78 is 10.8. The molecule has 3 aromatic carbocycles. The molecule has 9 heteroatoms. The maximum atomic E-state index is 14.6. The summed E-state index contributed by atoms with van der Waals surface area (Å²) in [5, 5.41) is 15.6. The van der Waals surface area contributed by atoms with Gasteiger partial charge in [0.25, 0.3) is 5.91 Å². The van der Waals surface area contributed by atoms with Crippen molar-refractivity contribution in [1.29, 1.82) is 0 Å². The van der Waals surface area contributed by atoms with Crippen LogP contribution in [0, 0.1) is 13.8 Å². The maximum Gasteiger partial charge on any atom is 0.408 e. The second-order valence-electron chi connectivity index (χ2n) is 12.3. The Bertz CT molecular complexity index is 1430. The second kappa shape index (κ2) is 16.0. The lowest BCUT2D eigenvalue weighted by molar-refractivity contribution is -0.140. The van der Waals surface area contributed by atoms with Crippen LogP contribution in [0.2, 0.25) is 0 Å². The van der Waals surface area contributed by atoms with Gasteiger partial charge in [-0.15, -0.1) is 0 Å². The third-order valence-corrected chi connectivity index (χ3v) is 7.42. The Hall–Kier alpha value is -4.53. The molecule has 2 unspecified atom stereocenters. The fourth-order valence-electron chi connectivity index (χ4n) is 4.91. The van der Waals surface area contributed by atoms with E-state index in [1.165, 1.54) is 12.1 Å². The number of nitrogens with zero attached hydrogens (tertiary/aromatic N) is 1. The molecule has 0 fully saturated rings. The number of carbonyl (C=O) groups excluding carboxylic acids is 3. The first-order valence-electron chi connectivity index (χ1n) is 15.4. The van der Waals surface area contributed by atoms with E-state index in [9.17, 15) is 19.5 Å². The average molecular weight is 618 g/mol. The Morgan fingerprint density at radius 1 is 0.911 bits per heavy atom. The van der Waals surface area contributed by atoms with Crippen LogP contribution in [0.3, 0.4) is 0 Å². The third kappa shape index (κ3) is 10.6. The molecule has 0 aliphatic rings. The molecule has 3 amide bonds. The quantitative estimate of drug-likeness (QED) is 0.181. The monoisotopic (exact) mass is 617 g/mol. The van der Waals surface area contributed by atoms with E-state index < -0.39 is 29.7 Å². The number of rotatable bonds is 13. The summed E-state index contributed by atoms with van der Waals surface area (Å²) in [4.78, 5) is 43.4. The highest BCUT2D eigenvalue weighted by Gasteiger charge is 2.36. The van der Waals surface area contributed by atoms with E-state index in [0.717, 1.165) is 29.5 Å². The second-order valence-corrected chi connectivity index (χ2v) is 12.3. The minimum absolute atomic E-state index is 0.0907. The molecule has 0 saturated heterocycles. The van der Waals surface area contributed by atoms with E-state index in [2.05, 4.69) is 17.6 Å². The van der Waals surface area contributed by atoms with Crippen LogP contribution in [0.1, 0.15) is 75.3 Å². The van der Waals surface area contributed by atoms with Crippen molar-refractivity contribution >= 4 is 23.6 Å². The van der Waals surface area contributed by atoms with E-state index in [1.54, 1.807) is 69.2 Å². The summed E-state index contributed by atoms with van der Waals surface area (Å²) in [6, 6.07) is 17.2. The van der Waals surface area contributed by atoms with Crippen LogP contribution in [-0.2, 0) is 20.7 Å². The number of hydrogen-bond acceptors (Lipinski definition) is 6. The highest BCUT2D eigenvalue weighted by Crippen LogP contribution is 2.28. The lowest BCUT2D eigenvalue weighted by Gasteiger charge is -2.35. The molecule has 0 saturated carbocycles. The van der Waals surface area contributed by atoms with Crippen molar-refractivity contribution < 1.29 is 29.0 Å². The number of hydrogen-bond donors (Lipinski definition) is 3. The van der Waals surface area contributed by atoms with E-state index in [4.69, 9.17) is 9.47 Å². The zero-order chi connectivity index (χ0) is 33.1. The zero-order valence-corrected chi connectivity index (χ0v) is 27.5. The smallest absolute Gasteiger partial charge is 0.408 e. The lowest BCUT2D eigenvalue weighted by Crippen LogP contribution is -2.53. The largest absolute Gasteiger partial charge is 0.508 e. The molecule has 0 heterocycles. The van der Waals surface area contributed by atoms with Gasteiger partial charge in [0, 0.05) is 18.7 Å². The molecule has 0 bridgehead atoms. The molecule has 0 aliphatic carbocycles. The van der Waals surface area contributed by atoms with Crippen molar-refractivity contribution in [2.45, 2.75) is 84.9 Å². The predicted octanol–water partition coefficient (Wildman–Crippen LogP) is 6.85. The molecular formula is C36H47N3O6. The van der Waals surface area contributed by atoms with Gasteiger partial charge in [-0.3, -0.25) is 9.59 Å². The number of carbonyl (C=O) groups is 3. The van der Waals surface area contributed by atoms with Gasteiger partial charge in [0.05, 0.1) is 7.11 Å². The Kier molecular flexibility index (Phi) is 12.4. The van der Waals surface area contributed by atoms with Crippen LogP contribution in [0.15, 0.2) is 66.7 Å². The number of nitrogens with one attached hydrogen (secondary N) is 2. The molecule has 45 heavy (non-hydrogen) atoms. The molecule has 0 aliphatic heterocycles. The van der Waals surface area contributed by atoms with Crippen molar-refractivity contribution in [3.63, 3.8) is 0 Å². The van der Waals surface area contributed by atoms with Crippen LogP contribution in [0.5, 0.6) is 11.5 Å². The number of benzene rings is 3. The molecule has 3 rings (SSSR count). The SMILES string of the molecule is CCCCCN(C(=O)C(Cc1ccc(O)cc1)NC(=O)OC(C)(C)C)C(C(=O)Nc1ccc(OC)cc1)c1ccc(C)c(C)c1. The van der Waals surface area contributed by atoms with Gasteiger partial charge in [-0.25, -0.2) is 4.79 Å². The minimum atomic E-state index is -1.05. The highest BCUT2D eigenvalue weighted by molar-refractivity contribution is 5.99. The van der Waals surface area contributed by atoms with Gasteiger partial charge in [0.15, 0.2) is 0 Å². The first-order chi connectivity index (χ1) is 21.3. The normalized spacial score (nSPS) is 12.5. The van der Waals surface area contributed by atoms with Gasteiger partial charge in [0.2, 0.25) is 5.91 Å². The summed E-state index contributed by atoms with van der Waals surface area (Å²) in [6.45, 7) is 11.6. The maximum absolute atomic E-state index is 14.6. The molecule has 2 atom stereocenters. The molecule has 3 N–H and O–H groups in total. The average Bonchev–Trinajstić information content (AvgIpc) is 2.98. The number of phenolic OH excluding ortho intramolecular Hbond substituents is 1. The first-order valence-corrected chi connectivity index (χ1v) is 15.4. The first kappa shape index (κ1) is 35.0. The van der Waals surface area contributed by atoms with Crippen LogP contribution < -0.4 is 15.4 Å². The molecule has 0 spiro atoms. The van der Waals surface area contributed by atoms with Crippen LogP contribution in [0.4, 0.5) is 10.5 Å². The number of amides is 3. The van der Waals surface area contributed by atoms with Gasteiger partial charge in [0.1, 0.15) is 29.2 Å². The number of phenols is 1. The minimum Gasteiger partial charge on any atom is -0.508 e. The van der Waals surface area contributed by atoms with Gasteiger partial charge in [-0.2, -0.15) is 0 Å². The molecule has 3 aromatic rings. The summed E-state index contributed by atoms with van der Waals surface area (Å²) >= 11 is 0. The molecule has 0 radical (unpaired) electrons. The van der Waals surface area contributed by atoms with Crippen molar-refractivity contribution in [2.75, 3.05) is 19.0 Å². The van der Waals surface area contributed by atoms with Crippen molar-refractivity contribution in [2.24, 2.45) is 0 Å². The molecule has 9 nitrogen and oxygen atoms in total. The number of anilines is 1. The number of aromatic hydroxyl groups is 1. The van der Waals surface area contributed by atoms with Crippen molar-refractivity contribution in [1.82, 2.24) is 10.2 Å². The number of aryl methyl sites for hydroxylation is 2. The van der Waals surface area contributed by atoms with E-state index >= 15 is 0 Å². The Balaban J connectivity index is 2.09. The standard InChI is InChI=1S/C36H47N3O6/c1-8-9-10-21-39(34(42)31(38-35(43)45-36(4,5)6)23-26-12-17-29(40)18-13-26)32(27-14-11-24(2)25(3)22-27)33(41)37-28-15-19-30(44-7)20-16-28/h11-20,22,31-32,40H,8-10,21,23H2,1-7H3,(H,37,41)(H,38,43). The van der Waals surface area contributed by atoms with E-state index in [-0.39, 0.29) is 18.1 Å². The molecule has 242 valence electrons. The number of unbranched alkanes of at least 4 members (excludes halogenated alkanes) is 2. The summed E-state index contributed by atoms with van der Waals surface area (Å²) in [6.07, 6.45) is 1.83. The van der Waals surface area contributed by atoms with Gasteiger partial charge in [-0.05, 0) is 99.7 Å². The summed E-state index contributed by atoms with van der Waals surface area (Å²) in [7, 11) is 1.57. The number of ether oxygens (including phenoxy) is 2. The van der Waals surface area contributed by atoms with E-state index in [1.807, 2.05) is 32.0 Å². The van der Waals surface area contributed by atoms with Crippen LogP contribution >= 0.6 is 0 Å². The molecular weight excluding hydrogens is 570 g/mol. The lowest BCUT2D eigenvalue weighted by atomic mass is 9.97. The summed E-state index contributed by atoms with van der Waals surface area (Å²) in [5.74, 6) is -0.0552.